The Labute approximate surface area is 299 Å². The normalized spacial score (nSPS) is 49.8. The molecular weight excluding hydrogens is 644 g/mol. The van der Waals surface area contributed by atoms with E-state index in [0.29, 0.717) is 32.1 Å². The van der Waals surface area contributed by atoms with Crippen LogP contribution in [0.2, 0.25) is 0 Å². The Hall–Kier alpha value is -1.15. The van der Waals surface area contributed by atoms with E-state index in [9.17, 15) is 30.3 Å². The third-order valence-electron chi connectivity index (χ3n) is 13.2. The van der Waals surface area contributed by atoms with Crippen LogP contribution in [-0.4, -0.2) is 104 Å². The zero-order chi connectivity index (χ0) is 37.0. The first-order chi connectivity index (χ1) is 23.3. The van der Waals surface area contributed by atoms with Crippen molar-refractivity contribution in [3.8, 4) is 0 Å². The van der Waals surface area contributed by atoms with Gasteiger partial charge >= 0.3 is 5.97 Å². The molecule has 0 aliphatic carbocycles. The summed E-state index contributed by atoms with van der Waals surface area (Å²) in [4.78, 5) is 11.2. The Morgan fingerprint density at radius 2 is 1.68 bits per heavy atom. The van der Waals surface area contributed by atoms with Crippen molar-refractivity contribution < 1.29 is 54.0 Å². The molecule has 0 saturated carbocycles. The number of aliphatic hydroxyl groups excluding tert-OH is 3. The molecule has 0 bridgehead atoms. The average molecular weight is 711 g/mol. The van der Waals surface area contributed by atoms with Gasteiger partial charge < -0.3 is 49.2 Å². The molecule has 5 rings (SSSR count). The van der Waals surface area contributed by atoms with Crippen LogP contribution in [0.3, 0.4) is 0 Å². The Kier molecular flexibility index (Phi) is 12.0. The maximum Gasteiger partial charge on any atom is 0.310 e. The van der Waals surface area contributed by atoms with Gasteiger partial charge in [-0.25, -0.2) is 0 Å². The lowest BCUT2D eigenvalue weighted by molar-refractivity contribution is -0.350. The van der Waals surface area contributed by atoms with Crippen molar-refractivity contribution in [2.75, 3.05) is 6.61 Å². The van der Waals surface area contributed by atoms with Crippen molar-refractivity contribution in [1.82, 2.24) is 0 Å². The maximum absolute atomic E-state index is 11.3. The van der Waals surface area contributed by atoms with Crippen molar-refractivity contribution in [3.63, 3.8) is 0 Å². The number of hydrogen-bond donors (Lipinski definition) is 5. The van der Waals surface area contributed by atoms with E-state index in [1.54, 1.807) is 13.0 Å². The van der Waals surface area contributed by atoms with Crippen LogP contribution in [0.15, 0.2) is 11.6 Å². The molecule has 11 nitrogen and oxygen atoms in total. The molecule has 0 aromatic carbocycles. The molecule has 50 heavy (non-hydrogen) atoms. The molecule has 5 aliphatic rings. The first-order valence-electron chi connectivity index (χ1n) is 19.2. The molecule has 288 valence electrons. The van der Waals surface area contributed by atoms with Crippen LogP contribution in [0.1, 0.15) is 120 Å². The van der Waals surface area contributed by atoms with Crippen molar-refractivity contribution in [1.29, 1.82) is 0 Å². The standard InChI is InChI=1S/C39H66O11/c1-21(14-24(4)35(43)44)10-11-28(41)17-29-18-30(42)27(7)39(47-29)26(6)19-37(9,50-39)32-12-13-36(8,48-32)34-23(3)16-31(46-34)33-22(2)15-25(5)38(45,20-40)49-33/h14,22-34,40-42,45H,10-13,15-20H2,1-9H3,(H,43,44)/b21-14+/t22-,23-,24+,25+,26+,27+,28+,29+,30+,31+,32+,33-,34+,36-,37-,38-,39?/m0/s1. The predicted octanol–water partition coefficient (Wildman–Crippen LogP) is 4.96. The van der Waals surface area contributed by atoms with Gasteiger partial charge in [0.05, 0.1) is 66.5 Å². The first kappa shape index (κ1) is 40.0. The van der Waals surface area contributed by atoms with Gasteiger partial charge in [-0.3, -0.25) is 4.79 Å². The SMILES string of the molecule is C/C(=C\[C@@H](C)C(=O)O)CC[C@@H](O)C[C@@H]1C[C@@H](O)[C@@H](C)C2(O1)O[C@](C)([C@H]1CC[C@@](C)([C@@H]3O[C@@H]([C@H]4O[C@@](O)(CO)[C@H](C)C[C@@H]4C)C[C@@H]3C)O1)C[C@H]2C. The van der Waals surface area contributed by atoms with Crippen LogP contribution in [0.5, 0.6) is 0 Å². The van der Waals surface area contributed by atoms with E-state index >= 15 is 0 Å². The lowest BCUT2D eigenvalue weighted by Gasteiger charge is -2.49. The maximum atomic E-state index is 11.3. The first-order valence-corrected chi connectivity index (χ1v) is 19.2. The molecule has 0 aromatic heterocycles. The van der Waals surface area contributed by atoms with Gasteiger partial charge in [0.1, 0.15) is 0 Å². The van der Waals surface area contributed by atoms with Crippen molar-refractivity contribution in [2.24, 2.45) is 35.5 Å². The van der Waals surface area contributed by atoms with Crippen molar-refractivity contribution >= 4 is 5.97 Å². The van der Waals surface area contributed by atoms with E-state index in [2.05, 4.69) is 34.6 Å². The molecule has 5 fully saturated rings. The summed E-state index contributed by atoms with van der Waals surface area (Å²) in [7, 11) is 0. The molecule has 0 aromatic rings. The molecule has 5 aliphatic heterocycles. The molecule has 5 N–H and O–H groups in total. The fourth-order valence-corrected chi connectivity index (χ4v) is 10.1. The highest BCUT2D eigenvalue weighted by Crippen LogP contribution is 2.56. The third-order valence-corrected chi connectivity index (χ3v) is 13.2. The molecule has 11 heteroatoms. The lowest BCUT2D eigenvalue weighted by Crippen LogP contribution is -2.57. The van der Waals surface area contributed by atoms with Crippen LogP contribution in [0, 0.1) is 35.5 Å². The van der Waals surface area contributed by atoms with Crippen LogP contribution >= 0.6 is 0 Å². The highest BCUT2D eigenvalue weighted by Gasteiger charge is 2.64. The molecule has 5 saturated heterocycles. The minimum Gasteiger partial charge on any atom is -0.481 e. The van der Waals surface area contributed by atoms with Crippen molar-refractivity contribution in [2.45, 2.75) is 186 Å². The highest BCUT2D eigenvalue weighted by molar-refractivity contribution is 5.71. The van der Waals surface area contributed by atoms with Gasteiger partial charge in [-0.15, -0.1) is 0 Å². The van der Waals surface area contributed by atoms with E-state index < -0.39 is 59.6 Å². The minimum absolute atomic E-state index is 0.0288. The number of carbonyl (C=O) groups is 1. The highest BCUT2D eigenvalue weighted by atomic mass is 16.7. The minimum atomic E-state index is -1.57. The number of carboxylic acid groups (broad SMARTS) is 1. The molecule has 1 spiro atoms. The Morgan fingerprint density at radius 3 is 2.34 bits per heavy atom. The predicted molar refractivity (Wildman–Crippen MR) is 186 cm³/mol. The van der Waals surface area contributed by atoms with Gasteiger partial charge in [0.15, 0.2) is 11.6 Å². The largest absolute Gasteiger partial charge is 0.481 e. The van der Waals surface area contributed by atoms with E-state index in [0.717, 1.165) is 31.3 Å². The number of aliphatic hydroxyl groups is 4. The van der Waals surface area contributed by atoms with Gasteiger partial charge in [-0.1, -0.05) is 46.3 Å². The number of rotatable bonds is 11. The number of carboxylic acids is 1. The zero-order valence-corrected chi connectivity index (χ0v) is 31.8. The lowest BCUT2D eigenvalue weighted by atomic mass is 9.78. The number of hydrogen-bond acceptors (Lipinski definition) is 10. The van der Waals surface area contributed by atoms with E-state index in [4.69, 9.17) is 23.7 Å². The summed E-state index contributed by atoms with van der Waals surface area (Å²) in [6.45, 7) is 17.6. The van der Waals surface area contributed by atoms with Crippen LogP contribution < -0.4 is 0 Å². The Morgan fingerprint density at radius 1 is 0.980 bits per heavy atom. The summed E-state index contributed by atoms with van der Waals surface area (Å²) in [5.41, 5.74) is -0.290. The van der Waals surface area contributed by atoms with Crippen LogP contribution in [0.25, 0.3) is 0 Å². The van der Waals surface area contributed by atoms with E-state index in [1.165, 1.54) is 0 Å². The second kappa shape index (κ2) is 14.9. The van der Waals surface area contributed by atoms with E-state index in [-0.39, 0.29) is 54.0 Å². The van der Waals surface area contributed by atoms with E-state index in [1.807, 2.05) is 20.8 Å². The Bertz CT molecular complexity index is 1230. The number of allylic oxidation sites excluding steroid dienone is 1. The summed E-state index contributed by atoms with van der Waals surface area (Å²) >= 11 is 0. The van der Waals surface area contributed by atoms with Gasteiger partial charge in [-0.05, 0) is 90.9 Å². The molecule has 0 radical (unpaired) electrons. The van der Waals surface area contributed by atoms with Crippen LogP contribution in [-0.2, 0) is 28.5 Å². The number of ether oxygens (including phenoxy) is 5. The summed E-state index contributed by atoms with van der Waals surface area (Å²) < 4.78 is 33.7. The van der Waals surface area contributed by atoms with Gasteiger partial charge in [0.2, 0.25) is 0 Å². The average Bonchev–Trinajstić information content (AvgIpc) is 3.71. The Balaban J connectivity index is 1.22. The fraction of sp³-hybridized carbons (Fsp3) is 0.923. The fourth-order valence-electron chi connectivity index (χ4n) is 10.1. The zero-order valence-electron chi connectivity index (χ0n) is 31.8. The van der Waals surface area contributed by atoms with Gasteiger partial charge in [-0.2, -0.15) is 0 Å². The third kappa shape index (κ3) is 7.73. The summed E-state index contributed by atoms with van der Waals surface area (Å²) in [5, 5.41) is 52.3. The molecule has 0 amide bonds. The quantitative estimate of drug-likeness (QED) is 0.184. The second-order valence-corrected chi connectivity index (χ2v) is 17.6. The van der Waals surface area contributed by atoms with Gasteiger partial charge in [0, 0.05) is 24.2 Å². The molecular formula is C39H66O11. The monoisotopic (exact) mass is 710 g/mol. The number of aliphatic carboxylic acids is 1. The summed E-state index contributed by atoms with van der Waals surface area (Å²) in [6.07, 6.45) is 4.72. The molecule has 17 atom stereocenters. The van der Waals surface area contributed by atoms with Gasteiger partial charge in [0.25, 0.3) is 0 Å². The molecule has 1 unspecified atom stereocenters. The summed E-state index contributed by atoms with van der Waals surface area (Å²) in [5.74, 6) is -4.14. The summed E-state index contributed by atoms with van der Waals surface area (Å²) in [6, 6.07) is 0. The topological polar surface area (TPSA) is 164 Å². The second-order valence-electron chi connectivity index (χ2n) is 17.6. The smallest absolute Gasteiger partial charge is 0.310 e. The molecule has 5 heterocycles. The van der Waals surface area contributed by atoms with Crippen molar-refractivity contribution in [3.05, 3.63) is 11.6 Å². The van der Waals surface area contributed by atoms with Crippen LogP contribution in [0.4, 0.5) is 0 Å².